The van der Waals surface area contributed by atoms with E-state index in [0.717, 1.165) is 30.6 Å². The molecule has 2 rings (SSSR count). The van der Waals surface area contributed by atoms with Crippen LogP contribution in [0.3, 0.4) is 0 Å². The first kappa shape index (κ1) is 11.6. The molecule has 1 N–H and O–H groups in total. The van der Waals surface area contributed by atoms with Crippen molar-refractivity contribution in [2.24, 2.45) is 0 Å². The average Bonchev–Trinajstić information content (AvgIpc) is 2.70. The van der Waals surface area contributed by atoms with Crippen LogP contribution in [0.25, 0.3) is 0 Å². The molecule has 1 aliphatic rings. The number of hydrogen-bond donors (Lipinski definition) is 1. The van der Waals surface area contributed by atoms with E-state index in [2.05, 4.69) is 0 Å². The van der Waals surface area contributed by atoms with Crippen LogP contribution in [0.5, 0.6) is 0 Å². The lowest BCUT2D eigenvalue weighted by Crippen LogP contribution is -2.12. The first-order valence-electron chi connectivity index (χ1n) is 5.72. The molecule has 1 aromatic rings. The van der Waals surface area contributed by atoms with Crippen LogP contribution in [0.15, 0.2) is 18.2 Å². The fourth-order valence-electron chi connectivity index (χ4n) is 2.22. The van der Waals surface area contributed by atoms with Crippen molar-refractivity contribution in [2.75, 3.05) is 6.61 Å². The summed E-state index contributed by atoms with van der Waals surface area (Å²) in [6.45, 7) is 2.61. The molecule has 0 radical (unpaired) electrons. The minimum Gasteiger partial charge on any atom is -0.388 e. The highest BCUT2D eigenvalue weighted by molar-refractivity contribution is 5.28. The smallest absolute Gasteiger partial charge is 0.123 e. The van der Waals surface area contributed by atoms with Crippen LogP contribution in [0.1, 0.15) is 36.5 Å². The molecule has 0 aromatic heterocycles. The molecule has 0 spiro atoms. The van der Waals surface area contributed by atoms with E-state index in [1.165, 1.54) is 12.1 Å². The molecule has 0 bridgehead atoms. The molecule has 1 aromatic carbocycles. The second-order valence-electron chi connectivity index (χ2n) is 4.39. The van der Waals surface area contributed by atoms with E-state index in [4.69, 9.17) is 4.74 Å². The molecule has 1 fully saturated rings. The Hall–Kier alpha value is -0.930. The van der Waals surface area contributed by atoms with E-state index in [9.17, 15) is 9.50 Å². The van der Waals surface area contributed by atoms with E-state index in [0.29, 0.717) is 6.42 Å². The molecule has 2 nitrogen and oxygen atoms in total. The molecule has 1 heterocycles. The molecule has 2 unspecified atom stereocenters. The number of benzene rings is 1. The van der Waals surface area contributed by atoms with Gasteiger partial charge in [-0.25, -0.2) is 4.39 Å². The fraction of sp³-hybridized carbons (Fsp3) is 0.538. The van der Waals surface area contributed by atoms with Gasteiger partial charge >= 0.3 is 0 Å². The zero-order valence-electron chi connectivity index (χ0n) is 9.45. The maximum atomic E-state index is 12.9. The molecule has 0 amide bonds. The zero-order chi connectivity index (χ0) is 11.5. The van der Waals surface area contributed by atoms with Crippen LogP contribution in [-0.2, 0) is 4.74 Å². The number of rotatable bonds is 3. The highest BCUT2D eigenvalue weighted by Gasteiger charge is 2.21. The van der Waals surface area contributed by atoms with Gasteiger partial charge in [-0.1, -0.05) is 6.07 Å². The topological polar surface area (TPSA) is 29.5 Å². The van der Waals surface area contributed by atoms with Gasteiger partial charge in [0.1, 0.15) is 5.82 Å². The van der Waals surface area contributed by atoms with E-state index < -0.39 is 6.10 Å². The minimum atomic E-state index is -0.552. The van der Waals surface area contributed by atoms with E-state index >= 15 is 0 Å². The SMILES string of the molecule is Cc1cc(F)ccc1C(O)CC1CCCO1. The van der Waals surface area contributed by atoms with E-state index in [1.807, 2.05) is 6.92 Å². The molecule has 16 heavy (non-hydrogen) atoms. The van der Waals surface area contributed by atoms with E-state index in [-0.39, 0.29) is 11.9 Å². The highest BCUT2D eigenvalue weighted by Crippen LogP contribution is 2.27. The van der Waals surface area contributed by atoms with Crippen LogP contribution < -0.4 is 0 Å². The Kier molecular flexibility index (Phi) is 3.56. The molecule has 1 saturated heterocycles. The van der Waals surface area contributed by atoms with Gasteiger partial charge in [-0.15, -0.1) is 0 Å². The number of aliphatic hydroxyl groups is 1. The van der Waals surface area contributed by atoms with E-state index in [1.54, 1.807) is 6.07 Å². The van der Waals surface area contributed by atoms with Crippen LogP contribution in [-0.4, -0.2) is 17.8 Å². The number of aryl methyl sites for hydroxylation is 1. The molecular formula is C13H17FO2. The van der Waals surface area contributed by atoms with Gasteiger partial charge < -0.3 is 9.84 Å². The van der Waals surface area contributed by atoms with Gasteiger partial charge in [-0.05, 0) is 43.0 Å². The summed E-state index contributed by atoms with van der Waals surface area (Å²) in [4.78, 5) is 0. The maximum absolute atomic E-state index is 12.9. The summed E-state index contributed by atoms with van der Waals surface area (Å²) in [6.07, 6.45) is 2.28. The van der Waals surface area contributed by atoms with Crippen LogP contribution >= 0.6 is 0 Å². The molecular weight excluding hydrogens is 207 g/mol. The second kappa shape index (κ2) is 4.93. The zero-order valence-corrected chi connectivity index (χ0v) is 9.45. The predicted octanol–water partition coefficient (Wildman–Crippen LogP) is 2.74. The molecule has 3 heteroatoms. The molecule has 0 saturated carbocycles. The summed E-state index contributed by atoms with van der Waals surface area (Å²) < 4.78 is 18.4. The van der Waals surface area contributed by atoms with Crippen LogP contribution in [0.2, 0.25) is 0 Å². The van der Waals surface area contributed by atoms with Gasteiger partial charge in [0.25, 0.3) is 0 Å². The lowest BCUT2D eigenvalue weighted by molar-refractivity contribution is 0.0533. The minimum absolute atomic E-state index is 0.152. The van der Waals surface area contributed by atoms with Gasteiger partial charge in [0.2, 0.25) is 0 Å². The molecule has 1 aliphatic heterocycles. The Bertz CT molecular complexity index is 359. The lowest BCUT2D eigenvalue weighted by atomic mass is 9.98. The monoisotopic (exact) mass is 224 g/mol. The number of aliphatic hydroxyl groups excluding tert-OH is 1. The summed E-state index contributed by atoms with van der Waals surface area (Å²) in [7, 11) is 0. The fourth-order valence-corrected chi connectivity index (χ4v) is 2.22. The van der Waals surface area contributed by atoms with Gasteiger partial charge in [-0.3, -0.25) is 0 Å². The van der Waals surface area contributed by atoms with Crippen molar-refractivity contribution < 1.29 is 14.2 Å². The highest BCUT2D eigenvalue weighted by atomic mass is 19.1. The van der Waals surface area contributed by atoms with Crippen molar-refractivity contribution in [1.82, 2.24) is 0 Å². The Labute approximate surface area is 95.1 Å². The van der Waals surface area contributed by atoms with Crippen molar-refractivity contribution in [3.05, 3.63) is 35.1 Å². The Morgan fingerprint density at radius 3 is 3.00 bits per heavy atom. The number of ether oxygens (including phenoxy) is 1. The average molecular weight is 224 g/mol. The third-order valence-corrected chi connectivity index (χ3v) is 3.10. The van der Waals surface area contributed by atoms with Crippen LogP contribution in [0, 0.1) is 12.7 Å². The van der Waals surface area contributed by atoms with Crippen molar-refractivity contribution >= 4 is 0 Å². The Morgan fingerprint density at radius 1 is 1.56 bits per heavy atom. The summed E-state index contributed by atoms with van der Waals surface area (Å²) in [6, 6.07) is 4.50. The molecule has 0 aliphatic carbocycles. The van der Waals surface area contributed by atoms with Crippen molar-refractivity contribution in [2.45, 2.75) is 38.4 Å². The molecule has 2 atom stereocenters. The lowest BCUT2D eigenvalue weighted by Gasteiger charge is -2.17. The maximum Gasteiger partial charge on any atom is 0.123 e. The largest absolute Gasteiger partial charge is 0.388 e. The third kappa shape index (κ3) is 2.60. The van der Waals surface area contributed by atoms with Gasteiger partial charge in [0.05, 0.1) is 12.2 Å². The quantitative estimate of drug-likeness (QED) is 0.855. The molecule has 88 valence electrons. The van der Waals surface area contributed by atoms with Gasteiger partial charge in [-0.2, -0.15) is 0 Å². The van der Waals surface area contributed by atoms with Crippen LogP contribution in [0.4, 0.5) is 4.39 Å². The summed E-state index contributed by atoms with van der Waals surface area (Å²) in [5.41, 5.74) is 1.60. The van der Waals surface area contributed by atoms with Crippen molar-refractivity contribution in [3.63, 3.8) is 0 Å². The third-order valence-electron chi connectivity index (χ3n) is 3.10. The van der Waals surface area contributed by atoms with Crippen molar-refractivity contribution in [1.29, 1.82) is 0 Å². The Morgan fingerprint density at radius 2 is 2.38 bits per heavy atom. The van der Waals surface area contributed by atoms with Crippen molar-refractivity contribution in [3.8, 4) is 0 Å². The predicted molar refractivity (Wildman–Crippen MR) is 59.7 cm³/mol. The number of hydrogen-bond acceptors (Lipinski definition) is 2. The number of halogens is 1. The second-order valence-corrected chi connectivity index (χ2v) is 4.39. The summed E-state index contributed by atoms with van der Waals surface area (Å²) in [5, 5.41) is 10.1. The summed E-state index contributed by atoms with van der Waals surface area (Å²) in [5.74, 6) is -0.259. The summed E-state index contributed by atoms with van der Waals surface area (Å²) >= 11 is 0. The Balaban J connectivity index is 2.04. The van der Waals surface area contributed by atoms with Gasteiger partial charge in [0, 0.05) is 13.0 Å². The standard InChI is InChI=1S/C13H17FO2/c1-9-7-10(14)4-5-12(9)13(15)8-11-3-2-6-16-11/h4-5,7,11,13,15H,2-3,6,8H2,1H3. The normalized spacial score (nSPS) is 22.3. The first-order valence-corrected chi connectivity index (χ1v) is 5.72. The van der Waals surface area contributed by atoms with Gasteiger partial charge in [0.15, 0.2) is 0 Å². The first-order chi connectivity index (χ1) is 7.66.